The number of rotatable bonds is 4. The number of allylic oxidation sites excluding steroid dienone is 1. The van der Waals surface area contributed by atoms with E-state index in [2.05, 4.69) is 6.58 Å². The standard InChI is InChI=1S/C12H12O3/c1-2-10(13)5-3-9-4-6-11-12(7-9)15-8-14-11/h2,4,6-7H,1,3,5,8H2. The first kappa shape index (κ1) is 9.77. The maximum Gasteiger partial charge on any atom is 0.231 e. The SMILES string of the molecule is C=CC(=O)CCc1ccc2c(c1)OCO2. The van der Waals surface area contributed by atoms with Crippen molar-refractivity contribution >= 4 is 5.78 Å². The van der Waals surface area contributed by atoms with Gasteiger partial charge in [0.2, 0.25) is 6.79 Å². The number of benzene rings is 1. The highest BCUT2D eigenvalue weighted by molar-refractivity contribution is 5.89. The molecule has 0 fully saturated rings. The fourth-order valence-corrected chi connectivity index (χ4v) is 1.47. The van der Waals surface area contributed by atoms with Gasteiger partial charge in [0.15, 0.2) is 17.3 Å². The number of carbonyl (C=O) groups excluding carboxylic acids is 1. The summed E-state index contributed by atoms with van der Waals surface area (Å²) in [6.07, 6.45) is 2.55. The maximum atomic E-state index is 11.0. The van der Waals surface area contributed by atoms with Crippen LogP contribution >= 0.6 is 0 Å². The minimum atomic E-state index is 0.0627. The first-order valence-corrected chi connectivity index (χ1v) is 4.83. The number of fused-ring (bicyclic) bond motifs is 1. The van der Waals surface area contributed by atoms with E-state index in [-0.39, 0.29) is 12.6 Å². The molecule has 3 heteroatoms. The van der Waals surface area contributed by atoms with E-state index in [1.165, 1.54) is 6.08 Å². The molecule has 0 unspecified atom stereocenters. The fourth-order valence-electron chi connectivity index (χ4n) is 1.47. The number of carbonyl (C=O) groups is 1. The summed E-state index contributed by atoms with van der Waals surface area (Å²) >= 11 is 0. The van der Waals surface area contributed by atoms with Gasteiger partial charge in [-0.1, -0.05) is 12.6 Å². The molecule has 78 valence electrons. The monoisotopic (exact) mass is 204 g/mol. The summed E-state index contributed by atoms with van der Waals surface area (Å²) in [5.41, 5.74) is 1.08. The van der Waals surface area contributed by atoms with Crippen molar-refractivity contribution in [2.75, 3.05) is 6.79 Å². The highest BCUT2D eigenvalue weighted by Crippen LogP contribution is 2.32. The second-order valence-corrected chi connectivity index (χ2v) is 3.36. The first-order valence-electron chi connectivity index (χ1n) is 4.83. The van der Waals surface area contributed by atoms with Gasteiger partial charge in [-0.25, -0.2) is 0 Å². The van der Waals surface area contributed by atoms with Crippen LogP contribution < -0.4 is 9.47 Å². The van der Waals surface area contributed by atoms with Gasteiger partial charge in [0.1, 0.15) is 0 Å². The summed E-state index contributed by atoms with van der Waals surface area (Å²) in [7, 11) is 0. The topological polar surface area (TPSA) is 35.5 Å². The maximum absolute atomic E-state index is 11.0. The third-order valence-electron chi connectivity index (χ3n) is 2.32. The molecule has 15 heavy (non-hydrogen) atoms. The number of ketones is 1. The Labute approximate surface area is 88.3 Å². The Kier molecular flexibility index (Phi) is 2.72. The zero-order chi connectivity index (χ0) is 10.7. The lowest BCUT2D eigenvalue weighted by molar-refractivity contribution is -0.114. The van der Waals surface area contributed by atoms with Gasteiger partial charge in [0.25, 0.3) is 0 Å². The van der Waals surface area contributed by atoms with Crippen LogP contribution in [0.3, 0.4) is 0 Å². The quantitative estimate of drug-likeness (QED) is 0.704. The van der Waals surface area contributed by atoms with Crippen molar-refractivity contribution in [1.29, 1.82) is 0 Å². The molecule has 0 amide bonds. The Balaban J connectivity index is 2.04. The molecular weight excluding hydrogens is 192 g/mol. The Hall–Kier alpha value is -1.77. The highest BCUT2D eigenvalue weighted by atomic mass is 16.7. The van der Waals surface area contributed by atoms with Gasteiger partial charge in [-0.3, -0.25) is 4.79 Å². The zero-order valence-corrected chi connectivity index (χ0v) is 8.36. The smallest absolute Gasteiger partial charge is 0.231 e. The van der Waals surface area contributed by atoms with E-state index < -0.39 is 0 Å². The molecule has 0 bridgehead atoms. The highest BCUT2D eigenvalue weighted by Gasteiger charge is 2.13. The van der Waals surface area contributed by atoms with E-state index in [0.717, 1.165) is 17.1 Å². The van der Waals surface area contributed by atoms with Gasteiger partial charge in [0, 0.05) is 6.42 Å². The number of hydrogen-bond donors (Lipinski definition) is 0. The predicted octanol–water partition coefficient (Wildman–Crippen LogP) is 2.10. The minimum absolute atomic E-state index is 0.0627. The minimum Gasteiger partial charge on any atom is -0.454 e. The van der Waals surface area contributed by atoms with Crippen LogP contribution in [0.25, 0.3) is 0 Å². The molecule has 1 heterocycles. The van der Waals surface area contributed by atoms with Gasteiger partial charge in [-0.2, -0.15) is 0 Å². The van der Waals surface area contributed by atoms with Gasteiger partial charge in [-0.15, -0.1) is 0 Å². The van der Waals surface area contributed by atoms with Crippen molar-refractivity contribution in [2.24, 2.45) is 0 Å². The molecule has 1 aliphatic rings. The van der Waals surface area contributed by atoms with Crippen LogP contribution in [-0.2, 0) is 11.2 Å². The Morgan fingerprint density at radius 1 is 1.40 bits per heavy atom. The lowest BCUT2D eigenvalue weighted by atomic mass is 10.1. The zero-order valence-electron chi connectivity index (χ0n) is 8.36. The van der Waals surface area contributed by atoms with Crippen molar-refractivity contribution < 1.29 is 14.3 Å². The lowest BCUT2D eigenvalue weighted by Crippen LogP contribution is -1.95. The molecular formula is C12H12O3. The van der Waals surface area contributed by atoms with Gasteiger partial charge in [0.05, 0.1) is 0 Å². The third-order valence-corrected chi connectivity index (χ3v) is 2.32. The van der Waals surface area contributed by atoms with E-state index >= 15 is 0 Å². The van der Waals surface area contributed by atoms with Crippen molar-refractivity contribution in [3.8, 4) is 11.5 Å². The Morgan fingerprint density at radius 2 is 2.20 bits per heavy atom. The molecule has 0 saturated heterocycles. The van der Waals surface area contributed by atoms with E-state index in [4.69, 9.17) is 9.47 Å². The van der Waals surface area contributed by atoms with Crippen LogP contribution in [0.4, 0.5) is 0 Å². The van der Waals surface area contributed by atoms with Crippen LogP contribution in [-0.4, -0.2) is 12.6 Å². The van der Waals surface area contributed by atoms with E-state index in [0.29, 0.717) is 12.8 Å². The van der Waals surface area contributed by atoms with Crippen molar-refractivity contribution in [1.82, 2.24) is 0 Å². The van der Waals surface area contributed by atoms with Crippen molar-refractivity contribution in [2.45, 2.75) is 12.8 Å². The summed E-state index contributed by atoms with van der Waals surface area (Å²) in [6.45, 7) is 3.72. The summed E-state index contributed by atoms with van der Waals surface area (Å²) in [5, 5.41) is 0. The molecule has 0 radical (unpaired) electrons. The summed E-state index contributed by atoms with van der Waals surface area (Å²) in [6, 6.07) is 5.73. The van der Waals surface area contributed by atoms with Crippen LogP contribution in [0.1, 0.15) is 12.0 Å². The fraction of sp³-hybridized carbons (Fsp3) is 0.250. The van der Waals surface area contributed by atoms with Crippen LogP contribution in [0.15, 0.2) is 30.9 Å². The van der Waals surface area contributed by atoms with Gasteiger partial charge >= 0.3 is 0 Å². The summed E-state index contributed by atoms with van der Waals surface area (Å²) < 4.78 is 10.4. The molecule has 2 rings (SSSR count). The molecule has 0 saturated carbocycles. The summed E-state index contributed by atoms with van der Waals surface area (Å²) in [5.74, 6) is 1.60. The third kappa shape index (κ3) is 2.18. The number of hydrogen-bond acceptors (Lipinski definition) is 3. The van der Waals surface area contributed by atoms with E-state index in [1.54, 1.807) is 0 Å². The number of aryl methyl sites for hydroxylation is 1. The molecule has 0 aliphatic carbocycles. The molecule has 1 aromatic rings. The molecule has 3 nitrogen and oxygen atoms in total. The van der Waals surface area contributed by atoms with Crippen LogP contribution in [0, 0.1) is 0 Å². The molecule has 0 spiro atoms. The van der Waals surface area contributed by atoms with Gasteiger partial charge < -0.3 is 9.47 Å². The average Bonchev–Trinajstić information content (AvgIpc) is 2.72. The first-order chi connectivity index (χ1) is 7.29. The molecule has 1 aromatic carbocycles. The van der Waals surface area contributed by atoms with Crippen molar-refractivity contribution in [3.05, 3.63) is 36.4 Å². The van der Waals surface area contributed by atoms with Gasteiger partial charge in [-0.05, 0) is 30.2 Å². The molecule has 0 atom stereocenters. The Bertz CT molecular complexity index is 396. The molecule has 1 aliphatic heterocycles. The van der Waals surface area contributed by atoms with E-state index in [9.17, 15) is 4.79 Å². The Morgan fingerprint density at radius 3 is 3.00 bits per heavy atom. The lowest BCUT2D eigenvalue weighted by Gasteiger charge is -2.01. The molecule has 0 aromatic heterocycles. The normalized spacial score (nSPS) is 12.5. The predicted molar refractivity (Wildman–Crippen MR) is 56.1 cm³/mol. The number of ether oxygens (including phenoxy) is 2. The second kappa shape index (κ2) is 4.17. The van der Waals surface area contributed by atoms with E-state index in [1.807, 2.05) is 18.2 Å². The average molecular weight is 204 g/mol. The van der Waals surface area contributed by atoms with Crippen LogP contribution in [0.5, 0.6) is 11.5 Å². The second-order valence-electron chi connectivity index (χ2n) is 3.36. The molecule has 0 N–H and O–H groups in total. The largest absolute Gasteiger partial charge is 0.454 e. The summed E-state index contributed by atoms with van der Waals surface area (Å²) in [4.78, 5) is 11.0. The van der Waals surface area contributed by atoms with Crippen molar-refractivity contribution in [3.63, 3.8) is 0 Å². The van der Waals surface area contributed by atoms with Crippen LogP contribution in [0.2, 0.25) is 0 Å².